The molecule has 0 atom stereocenters. The van der Waals surface area contributed by atoms with Gasteiger partial charge in [0.2, 0.25) is 0 Å². The van der Waals surface area contributed by atoms with Gasteiger partial charge in [-0.2, -0.15) is 0 Å². The van der Waals surface area contributed by atoms with Crippen LogP contribution in [0.5, 0.6) is 0 Å². The maximum atomic E-state index is 11.5. The van der Waals surface area contributed by atoms with Crippen LogP contribution in [0.25, 0.3) is 21.5 Å². The predicted molar refractivity (Wildman–Crippen MR) is 94.0 cm³/mol. The lowest BCUT2D eigenvalue weighted by atomic mass is 10.0. The van der Waals surface area contributed by atoms with Crippen LogP contribution >= 0.6 is 11.3 Å². The monoisotopic (exact) mass is 326 g/mol. The average Bonchev–Trinajstić information content (AvgIpc) is 3.14. The van der Waals surface area contributed by atoms with Gasteiger partial charge >= 0.3 is 5.97 Å². The van der Waals surface area contributed by atoms with Crippen molar-refractivity contribution in [3.63, 3.8) is 0 Å². The van der Waals surface area contributed by atoms with Crippen molar-refractivity contribution in [2.24, 2.45) is 5.73 Å². The molecule has 0 spiro atoms. The first-order valence-corrected chi connectivity index (χ1v) is 8.38. The van der Waals surface area contributed by atoms with E-state index in [1.54, 1.807) is 17.4 Å². The van der Waals surface area contributed by atoms with Gasteiger partial charge in [0.25, 0.3) is 0 Å². The van der Waals surface area contributed by atoms with E-state index in [9.17, 15) is 9.90 Å². The molecule has 1 saturated carbocycles. The van der Waals surface area contributed by atoms with E-state index in [1.165, 1.54) is 12.8 Å². The fraction of sp³-hybridized carbons (Fsp3) is 0.222. The fourth-order valence-electron chi connectivity index (χ4n) is 2.33. The molecule has 4 rings (SSSR count). The van der Waals surface area contributed by atoms with Gasteiger partial charge in [-0.15, -0.1) is 11.3 Å². The van der Waals surface area contributed by atoms with Crippen LogP contribution in [0, 0.1) is 6.92 Å². The normalized spacial score (nSPS) is 13.5. The van der Waals surface area contributed by atoms with Crippen molar-refractivity contribution in [1.29, 1.82) is 0 Å². The number of benzene rings is 1. The van der Waals surface area contributed by atoms with Crippen LogP contribution in [0.1, 0.15) is 28.8 Å². The second kappa shape index (κ2) is 6.48. The lowest BCUT2D eigenvalue weighted by Gasteiger charge is -2.10. The average molecular weight is 326 g/mol. The fourth-order valence-corrected chi connectivity index (χ4v) is 3.10. The largest absolute Gasteiger partial charge is 0.478 e. The first kappa shape index (κ1) is 15.6. The smallest absolute Gasteiger partial charge is 0.336 e. The standard InChI is InChI=1S/C15H11NO2S.C3H7N/c1-9-13(15(17)18)10-5-2-3-6-11(10)16-14(9)12-7-4-8-19-12;4-3-1-2-3/h2-8H,1H3,(H,17,18);3H,1-2,4H2. The number of hydrogen-bond donors (Lipinski definition) is 2. The summed E-state index contributed by atoms with van der Waals surface area (Å²) in [4.78, 5) is 17.1. The Kier molecular flexibility index (Phi) is 4.41. The van der Waals surface area contributed by atoms with Gasteiger partial charge in [-0.1, -0.05) is 24.3 Å². The zero-order valence-corrected chi connectivity index (χ0v) is 13.6. The summed E-state index contributed by atoms with van der Waals surface area (Å²) in [6.07, 6.45) is 2.53. The molecule has 1 fully saturated rings. The molecular weight excluding hydrogens is 308 g/mol. The van der Waals surface area contributed by atoms with Crippen LogP contribution < -0.4 is 5.73 Å². The first-order valence-electron chi connectivity index (χ1n) is 7.50. The third kappa shape index (κ3) is 3.41. The molecule has 2 aromatic heterocycles. The van der Waals surface area contributed by atoms with Crippen LogP contribution in [0.3, 0.4) is 0 Å². The minimum Gasteiger partial charge on any atom is -0.478 e. The van der Waals surface area contributed by atoms with E-state index >= 15 is 0 Å². The number of para-hydroxylation sites is 1. The third-order valence-electron chi connectivity index (χ3n) is 3.73. The highest BCUT2D eigenvalue weighted by molar-refractivity contribution is 7.13. The number of thiophene rings is 1. The molecule has 0 radical (unpaired) electrons. The number of carboxylic acids is 1. The van der Waals surface area contributed by atoms with Crippen molar-refractivity contribution in [2.75, 3.05) is 0 Å². The Hall–Kier alpha value is -2.24. The first-order chi connectivity index (χ1) is 11.1. The number of pyridine rings is 1. The van der Waals surface area contributed by atoms with Crippen molar-refractivity contribution in [2.45, 2.75) is 25.8 Å². The molecule has 1 aliphatic rings. The Balaban J connectivity index is 0.000000341. The highest BCUT2D eigenvalue weighted by Gasteiger charge is 2.18. The summed E-state index contributed by atoms with van der Waals surface area (Å²) in [7, 11) is 0. The molecule has 3 N–H and O–H groups in total. The Morgan fingerprint density at radius 2 is 1.96 bits per heavy atom. The molecule has 1 aliphatic carbocycles. The summed E-state index contributed by atoms with van der Waals surface area (Å²) in [5.74, 6) is -0.908. The van der Waals surface area contributed by atoms with E-state index in [1.807, 2.05) is 42.6 Å². The molecule has 0 aliphatic heterocycles. The zero-order valence-electron chi connectivity index (χ0n) is 12.8. The molecule has 23 heavy (non-hydrogen) atoms. The molecule has 0 saturated heterocycles. The number of carbonyl (C=O) groups is 1. The molecular formula is C18H18N2O2S. The van der Waals surface area contributed by atoms with Gasteiger partial charge in [0.15, 0.2) is 0 Å². The van der Waals surface area contributed by atoms with Gasteiger partial charge in [-0.3, -0.25) is 0 Å². The van der Waals surface area contributed by atoms with Crippen LogP contribution in [-0.2, 0) is 0 Å². The van der Waals surface area contributed by atoms with Gasteiger partial charge in [-0.25, -0.2) is 9.78 Å². The number of hydrogen-bond acceptors (Lipinski definition) is 4. The topological polar surface area (TPSA) is 76.2 Å². The summed E-state index contributed by atoms with van der Waals surface area (Å²) < 4.78 is 0. The quantitative estimate of drug-likeness (QED) is 0.744. The summed E-state index contributed by atoms with van der Waals surface area (Å²) in [5.41, 5.74) is 7.75. The summed E-state index contributed by atoms with van der Waals surface area (Å²) in [5, 5.41) is 12.1. The van der Waals surface area contributed by atoms with Crippen molar-refractivity contribution in [1.82, 2.24) is 4.98 Å². The van der Waals surface area contributed by atoms with Crippen molar-refractivity contribution >= 4 is 28.2 Å². The number of rotatable bonds is 2. The van der Waals surface area contributed by atoms with Gasteiger partial charge in [-0.05, 0) is 42.8 Å². The molecule has 3 aromatic rings. The molecule has 0 amide bonds. The van der Waals surface area contributed by atoms with E-state index in [0.717, 1.165) is 10.6 Å². The van der Waals surface area contributed by atoms with Gasteiger partial charge in [0, 0.05) is 11.4 Å². The predicted octanol–water partition coefficient (Wildman–Crippen LogP) is 4.08. The molecule has 2 heterocycles. The molecule has 4 nitrogen and oxygen atoms in total. The van der Waals surface area contributed by atoms with Crippen LogP contribution in [-0.4, -0.2) is 22.1 Å². The maximum absolute atomic E-state index is 11.5. The van der Waals surface area contributed by atoms with E-state index in [4.69, 9.17) is 5.73 Å². The number of aromatic carboxylic acids is 1. The number of fused-ring (bicyclic) bond motifs is 1. The van der Waals surface area contributed by atoms with Crippen LogP contribution in [0.2, 0.25) is 0 Å². The lowest BCUT2D eigenvalue weighted by Crippen LogP contribution is -2.04. The molecule has 0 unspecified atom stereocenters. The van der Waals surface area contributed by atoms with Gasteiger partial charge in [0.05, 0.1) is 21.7 Å². The van der Waals surface area contributed by atoms with E-state index < -0.39 is 5.97 Å². The second-order valence-corrected chi connectivity index (χ2v) is 6.55. The van der Waals surface area contributed by atoms with Crippen molar-refractivity contribution in [3.05, 3.63) is 52.9 Å². The Morgan fingerprint density at radius 1 is 1.26 bits per heavy atom. The number of nitrogens with zero attached hydrogens (tertiary/aromatic N) is 1. The van der Waals surface area contributed by atoms with E-state index in [0.29, 0.717) is 28.1 Å². The van der Waals surface area contributed by atoms with E-state index in [2.05, 4.69) is 4.98 Å². The minimum absolute atomic E-state index is 0.342. The highest BCUT2D eigenvalue weighted by Crippen LogP contribution is 2.31. The van der Waals surface area contributed by atoms with Gasteiger partial charge < -0.3 is 10.8 Å². The minimum atomic E-state index is -0.908. The third-order valence-corrected chi connectivity index (χ3v) is 4.60. The number of aromatic nitrogens is 1. The molecule has 1 aromatic carbocycles. The Labute approximate surface area is 138 Å². The SMILES string of the molecule is Cc1c(-c2cccs2)nc2ccccc2c1C(=O)O.NC1CC1. The summed E-state index contributed by atoms with van der Waals surface area (Å²) >= 11 is 1.56. The summed E-state index contributed by atoms with van der Waals surface area (Å²) in [6.45, 7) is 1.82. The Morgan fingerprint density at radius 3 is 2.52 bits per heavy atom. The number of carboxylic acid groups (broad SMARTS) is 1. The maximum Gasteiger partial charge on any atom is 0.336 e. The second-order valence-electron chi connectivity index (χ2n) is 5.60. The summed E-state index contributed by atoms with van der Waals surface area (Å²) in [6, 6.07) is 11.8. The zero-order chi connectivity index (χ0) is 16.4. The Bertz CT molecular complexity index is 840. The van der Waals surface area contributed by atoms with Crippen LogP contribution in [0.15, 0.2) is 41.8 Å². The molecule has 118 valence electrons. The van der Waals surface area contributed by atoms with Crippen LogP contribution in [0.4, 0.5) is 0 Å². The lowest BCUT2D eigenvalue weighted by molar-refractivity contribution is 0.0698. The highest BCUT2D eigenvalue weighted by atomic mass is 32.1. The molecule has 5 heteroatoms. The van der Waals surface area contributed by atoms with E-state index in [-0.39, 0.29) is 0 Å². The number of nitrogens with two attached hydrogens (primary N) is 1. The van der Waals surface area contributed by atoms with Gasteiger partial charge in [0.1, 0.15) is 0 Å². The molecule has 0 bridgehead atoms. The van der Waals surface area contributed by atoms with Crippen molar-refractivity contribution in [3.8, 4) is 10.6 Å². The van der Waals surface area contributed by atoms with Crippen molar-refractivity contribution < 1.29 is 9.90 Å².